The molecule has 3 saturated carbocycles. The lowest BCUT2D eigenvalue weighted by molar-refractivity contribution is -0.149. The normalized spacial score (nSPS) is 24.9. The second kappa shape index (κ2) is 12.6. The summed E-state index contributed by atoms with van der Waals surface area (Å²) in [5, 5.41) is 9.62. The third-order valence-electron chi connectivity index (χ3n) is 9.27. The van der Waals surface area contributed by atoms with E-state index in [9.17, 15) is 32.7 Å². The van der Waals surface area contributed by atoms with Crippen molar-refractivity contribution in [1.82, 2.24) is 4.90 Å². The number of aliphatic carboxylic acids is 1. The molecule has 0 radical (unpaired) electrons. The van der Waals surface area contributed by atoms with Crippen LogP contribution in [0.1, 0.15) is 81.5 Å². The Hall–Kier alpha value is -2.59. The van der Waals surface area contributed by atoms with Crippen LogP contribution in [0, 0.1) is 16.7 Å². The number of alkyl halides is 3. The van der Waals surface area contributed by atoms with Crippen LogP contribution in [0.25, 0.3) is 0 Å². The van der Waals surface area contributed by atoms with Gasteiger partial charge in [0.25, 0.3) is 5.91 Å². The van der Waals surface area contributed by atoms with Gasteiger partial charge >= 0.3 is 12.1 Å². The number of hydrogen-bond donors (Lipinski definition) is 2. The molecule has 1 aromatic rings. The first-order chi connectivity index (χ1) is 19.7. The minimum atomic E-state index is -5.01. The maximum atomic E-state index is 14.4. The Morgan fingerprint density at radius 3 is 2.10 bits per heavy atom. The van der Waals surface area contributed by atoms with Crippen molar-refractivity contribution in [3.05, 3.63) is 45.6 Å². The zero-order valence-corrected chi connectivity index (χ0v) is 25.0. The highest BCUT2D eigenvalue weighted by molar-refractivity contribution is 6.40. The Morgan fingerprint density at radius 2 is 1.62 bits per heavy atom. The van der Waals surface area contributed by atoms with Crippen molar-refractivity contribution in [1.29, 1.82) is 0 Å². The molecule has 0 aromatic heterocycles. The molecule has 0 bridgehead atoms. The van der Waals surface area contributed by atoms with Gasteiger partial charge in [-0.2, -0.15) is 13.2 Å². The highest BCUT2D eigenvalue weighted by Crippen LogP contribution is 2.57. The number of benzene rings is 1. The van der Waals surface area contributed by atoms with E-state index < -0.39 is 53.1 Å². The molecule has 12 heteroatoms. The molecule has 1 spiro atoms. The Balaban J connectivity index is 1.61. The number of hydrogen-bond acceptors (Lipinski definition) is 5. The second-order valence-corrected chi connectivity index (χ2v) is 13.1. The zero-order chi connectivity index (χ0) is 30.9. The van der Waals surface area contributed by atoms with Gasteiger partial charge in [0, 0.05) is 12.7 Å². The molecule has 7 nitrogen and oxygen atoms in total. The topological polar surface area (TPSA) is 113 Å². The van der Waals surface area contributed by atoms with E-state index in [4.69, 9.17) is 28.9 Å². The summed E-state index contributed by atoms with van der Waals surface area (Å²) >= 11 is 12.4. The standard InChI is InChI=1S/C30H36Cl2F3N3O4/c1-28(27(41)42)9-7-19(8-10-28)37-25(30(33,34)35)20(15-36)26(40)38(16-18-5-11-29(12-6-18)13-14-29)17-23(39)24-21(31)3-2-4-22(24)32/h2-4,15,18-19H,5-14,16-17,36H2,1H3,(H,41,42). The number of aliphatic imine (C=N–C) groups is 1. The molecule has 0 heterocycles. The number of Topliss-reactive ketones (excluding diaryl/α,β-unsaturated/α-hetero) is 1. The van der Waals surface area contributed by atoms with Gasteiger partial charge in [0.1, 0.15) is 0 Å². The molecular weight excluding hydrogens is 594 g/mol. The Labute approximate surface area is 253 Å². The van der Waals surface area contributed by atoms with Gasteiger partial charge in [-0.15, -0.1) is 0 Å². The smallest absolute Gasteiger partial charge is 0.433 e. The number of amides is 1. The Morgan fingerprint density at radius 1 is 1.05 bits per heavy atom. The van der Waals surface area contributed by atoms with Crippen molar-refractivity contribution in [2.45, 2.75) is 83.4 Å². The van der Waals surface area contributed by atoms with E-state index in [1.807, 2.05) is 0 Å². The second-order valence-electron chi connectivity index (χ2n) is 12.3. The van der Waals surface area contributed by atoms with Gasteiger partial charge in [0.2, 0.25) is 0 Å². The van der Waals surface area contributed by atoms with Crippen LogP contribution >= 0.6 is 23.2 Å². The third-order valence-corrected chi connectivity index (χ3v) is 9.90. The van der Waals surface area contributed by atoms with Crippen molar-refractivity contribution in [2.24, 2.45) is 27.5 Å². The van der Waals surface area contributed by atoms with E-state index in [1.165, 1.54) is 25.0 Å². The van der Waals surface area contributed by atoms with Crippen LogP contribution in [0.3, 0.4) is 0 Å². The van der Waals surface area contributed by atoms with Gasteiger partial charge in [-0.05, 0) is 94.6 Å². The van der Waals surface area contributed by atoms with Crippen molar-refractivity contribution in [2.75, 3.05) is 13.1 Å². The summed E-state index contributed by atoms with van der Waals surface area (Å²) in [6.07, 6.45) is 2.03. The molecule has 0 unspecified atom stereocenters. The number of halogens is 5. The summed E-state index contributed by atoms with van der Waals surface area (Å²) in [5.41, 5.74) is 2.72. The molecular formula is C30H36Cl2F3N3O4. The number of carbonyl (C=O) groups is 3. The summed E-state index contributed by atoms with van der Waals surface area (Å²) in [5.74, 6) is -2.65. The van der Waals surface area contributed by atoms with Crippen LogP contribution in [0.15, 0.2) is 35.0 Å². The van der Waals surface area contributed by atoms with Crippen LogP contribution in [0.5, 0.6) is 0 Å². The molecule has 3 aliphatic rings. The highest BCUT2D eigenvalue weighted by atomic mass is 35.5. The lowest BCUT2D eigenvalue weighted by Gasteiger charge is -2.34. The van der Waals surface area contributed by atoms with Gasteiger partial charge < -0.3 is 15.7 Å². The molecule has 0 saturated heterocycles. The van der Waals surface area contributed by atoms with E-state index in [0.29, 0.717) is 11.6 Å². The monoisotopic (exact) mass is 629 g/mol. The largest absolute Gasteiger partial charge is 0.481 e. The predicted molar refractivity (Wildman–Crippen MR) is 155 cm³/mol. The Kier molecular flexibility index (Phi) is 9.67. The van der Waals surface area contributed by atoms with Crippen molar-refractivity contribution >= 4 is 46.6 Å². The maximum absolute atomic E-state index is 14.4. The molecule has 4 rings (SSSR count). The van der Waals surface area contributed by atoms with E-state index in [-0.39, 0.29) is 53.8 Å². The molecule has 3 fully saturated rings. The molecule has 1 aromatic carbocycles. The van der Waals surface area contributed by atoms with Gasteiger partial charge in [-0.1, -0.05) is 29.3 Å². The zero-order valence-electron chi connectivity index (χ0n) is 23.5. The number of carboxylic acids is 1. The van der Waals surface area contributed by atoms with E-state index in [2.05, 4.69) is 4.99 Å². The van der Waals surface area contributed by atoms with Crippen LogP contribution < -0.4 is 5.73 Å². The van der Waals surface area contributed by atoms with Gasteiger partial charge in [-0.25, -0.2) is 0 Å². The fraction of sp³-hybridized carbons (Fsp3) is 0.600. The lowest BCUT2D eigenvalue weighted by atomic mass is 9.74. The molecule has 42 heavy (non-hydrogen) atoms. The van der Waals surface area contributed by atoms with Crippen molar-refractivity contribution in [3.63, 3.8) is 0 Å². The van der Waals surface area contributed by atoms with Crippen molar-refractivity contribution in [3.8, 4) is 0 Å². The van der Waals surface area contributed by atoms with E-state index in [1.54, 1.807) is 13.0 Å². The third kappa shape index (κ3) is 7.30. The number of rotatable bonds is 9. The average molecular weight is 631 g/mol. The van der Waals surface area contributed by atoms with Crippen LogP contribution in [0.4, 0.5) is 13.2 Å². The fourth-order valence-corrected chi connectivity index (χ4v) is 6.79. The van der Waals surface area contributed by atoms with Gasteiger partial charge in [0.05, 0.1) is 39.2 Å². The maximum Gasteiger partial charge on any atom is 0.433 e. The van der Waals surface area contributed by atoms with Crippen LogP contribution in [-0.4, -0.2) is 58.7 Å². The van der Waals surface area contributed by atoms with Crippen molar-refractivity contribution < 1.29 is 32.7 Å². The minimum absolute atomic E-state index is 0.00651. The fourth-order valence-electron chi connectivity index (χ4n) is 6.18. The predicted octanol–water partition coefficient (Wildman–Crippen LogP) is 6.85. The van der Waals surface area contributed by atoms with Gasteiger partial charge in [0.15, 0.2) is 11.5 Å². The van der Waals surface area contributed by atoms with Gasteiger partial charge in [-0.3, -0.25) is 19.4 Å². The summed E-state index contributed by atoms with van der Waals surface area (Å²) in [6, 6.07) is 3.68. The first kappa shape index (κ1) is 32.3. The summed E-state index contributed by atoms with van der Waals surface area (Å²) < 4.78 is 43.2. The molecule has 230 valence electrons. The average Bonchev–Trinajstić information content (AvgIpc) is 3.68. The Bertz CT molecular complexity index is 1250. The summed E-state index contributed by atoms with van der Waals surface area (Å²) in [7, 11) is 0. The van der Waals surface area contributed by atoms with E-state index >= 15 is 0 Å². The summed E-state index contributed by atoms with van der Waals surface area (Å²) in [6.45, 7) is 1.10. The number of carbonyl (C=O) groups excluding carboxylic acids is 2. The molecule has 3 aliphatic carbocycles. The molecule has 0 atom stereocenters. The number of ketones is 1. The highest BCUT2D eigenvalue weighted by Gasteiger charge is 2.46. The van der Waals surface area contributed by atoms with Crippen LogP contribution in [-0.2, 0) is 9.59 Å². The summed E-state index contributed by atoms with van der Waals surface area (Å²) in [4.78, 5) is 43.8. The number of carboxylic acid groups (broad SMARTS) is 1. The number of nitrogens with two attached hydrogens (primary N) is 1. The minimum Gasteiger partial charge on any atom is -0.481 e. The SMILES string of the molecule is CC1(C(=O)O)CCC(N=C(C(=CN)C(=O)N(CC(=O)c2c(Cl)cccc2Cl)CC2CCC3(CC2)CC3)C(F)(F)F)CC1. The van der Waals surface area contributed by atoms with Crippen LogP contribution in [0.2, 0.25) is 10.0 Å². The molecule has 3 N–H and O–H groups in total. The first-order valence-electron chi connectivity index (χ1n) is 14.3. The molecule has 0 aliphatic heterocycles. The lowest BCUT2D eigenvalue weighted by Crippen LogP contribution is -2.44. The van der Waals surface area contributed by atoms with E-state index in [0.717, 1.165) is 30.6 Å². The number of nitrogens with zero attached hydrogens (tertiary/aromatic N) is 2. The first-order valence-corrected chi connectivity index (χ1v) is 15.0. The molecule has 1 amide bonds. The quantitative estimate of drug-likeness (QED) is 0.176.